The third-order valence-corrected chi connectivity index (χ3v) is 5.30. The lowest BCUT2D eigenvalue weighted by molar-refractivity contribution is -0.238. The van der Waals surface area contributed by atoms with Crippen molar-refractivity contribution in [3.63, 3.8) is 0 Å². The van der Waals surface area contributed by atoms with Crippen molar-refractivity contribution in [2.45, 2.75) is 55.5 Å². The molecule has 23 heavy (non-hydrogen) atoms. The number of hydrogen-bond acceptors (Lipinski definition) is 7. The average Bonchev–Trinajstić information content (AvgIpc) is 3.19. The van der Waals surface area contributed by atoms with E-state index in [2.05, 4.69) is 4.98 Å². The lowest BCUT2D eigenvalue weighted by Gasteiger charge is -2.32. The van der Waals surface area contributed by atoms with Crippen molar-refractivity contribution < 1.29 is 24.1 Å². The third kappa shape index (κ3) is 1.80. The second kappa shape index (κ2) is 4.54. The van der Waals surface area contributed by atoms with Crippen LogP contribution in [0.3, 0.4) is 0 Å². The molecule has 3 fully saturated rings. The van der Waals surface area contributed by atoms with Gasteiger partial charge in [0, 0.05) is 25.1 Å². The zero-order chi connectivity index (χ0) is 15.7. The van der Waals surface area contributed by atoms with Gasteiger partial charge < -0.3 is 24.1 Å². The molecular formula is C15H18N2O6. The van der Waals surface area contributed by atoms with Crippen molar-refractivity contribution in [3.05, 3.63) is 22.6 Å². The van der Waals surface area contributed by atoms with E-state index in [4.69, 9.17) is 18.9 Å². The van der Waals surface area contributed by atoms with Crippen LogP contribution >= 0.6 is 0 Å². The predicted octanol–water partition coefficient (Wildman–Crippen LogP) is -0.0501. The van der Waals surface area contributed by atoms with Crippen LogP contribution in [0.1, 0.15) is 31.9 Å². The first-order chi connectivity index (χ1) is 11.1. The molecule has 4 aliphatic rings. The summed E-state index contributed by atoms with van der Waals surface area (Å²) in [5.74, 6) is -0.575. The minimum absolute atomic E-state index is 0.0665. The molecule has 1 saturated carbocycles. The van der Waals surface area contributed by atoms with Gasteiger partial charge in [-0.05, 0) is 12.8 Å². The SMILES string of the molecule is O=c1ccn2c(n1)OC[C@@]1(CO)O[C@@H]2[C@@H]2OC3(CCCC3)O[C@@H]21. The van der Waals surface area contributed by atoms with E-state index >= 15 is 0 Å². The first-order valence-corrected chi connectivity index (χ1v) is 8.01. The Morgan fingerprint density at radius 2 is 2.13 bits per heavy atom. The first kappa shape index (κ1) is 13.9. The highest BCUT2D eigenvalue weighted by atomic mass is 16.8. The number of aliphatic hydroxyl groups is 1. The Hall–Kier alpha value is -1.48. The van der Waals surface area contributed by atoms with E-state index in [0.717, 1.165) is 25.7 Å². The van der Waals surface area contributed by atoms with Gasteiger partial charge in [-0.1, -0.05) is 0 Å². The van der Waals surface area contributed by atoms with Crippen molar-refractivity contribution in [1.29, 1.82) is 0 Å². The summed E-state index contributed by atoms with van der Waals surface area (Å²) < 4.78 is 25.9. The van der Waals surface area contributed by atoms with Gasteiger partial charge in [0.05, 0.1) is 6.61 Å². The number of hydrogen-bond donors (Lipinski definition) is 1. The van der Waals surface area contributed by atoms with Gasteiger partial charge in [-0.2, -0.15) is 4.98 Å². The van der Waals surface area contributed by atoms with E-state index < -0.39 is 23.7 Å². The summed E-state index contributed by atoms with van der Waals surface area (Å²) in [6.07, 6.45) is 4.15. The average molecular weight is 322 g/mol. The number of aliphatic hydroxyl groups excluding tert-OH is 1. The molecule has 2 saturated heterocycles. The Balaban J connectivity index is 1.60. The molecule has 3 aliphatic heterocycles. The van der Waals surface area contributed by atoms with Crippen molar-refractivity contribution >= 4 is 0 Å². The molecule has 2 bridgehead atoms. The first-order valence-electron chi connectivity index (χ1n) is 8.01. The number of rotatable bonds is 1. The van der Waals surface area contributed by atoms with E-state index in [1.165, 1.54) is 6.07 Å². The van der Waals surface area contributed by atoms with Crippen LogP contribution in [0.15, 0.2) is 17.1 Å². The molecule has 4 heterocycles. The predicted molar refractivity (Wildman–Crippen MR) is 74.9 cm³/mol. The number of aromatic nitrogens is 2. The summed E-state index contributed by atoms with van der Waals surface area (Å²) in [6.45, 7) is -0.181. The maximum Gasteiger partial charge on any atom is 0.302 e. The van der Waals surface area contributed by atoms with Crippen LogP contribution in [0.25, 0.3) is 0 Å². The molecule has 0 aromatic carbocycles. The maximum absolute atomic E-state index is 11.5. The van der Waals surface area contributed by atoms with Crippen molar-refractivity contribution in [2.75, 3.05) is 13.2 Å². The van der Waals surface area contributed by atoms with Crippen molar-refractivity contribution in [2.24, 2.45) is 0 Å². The van der Waals surface area contributed by atoms with Crippen molar-refractivity contribution in [1.82, 2.24) is 9.55 Å². The van der Waals surface area contributed by atoms with Crippen LogP contribution in [0.5, 0.6) is 6.01 Å². The molecule has 124 valence electrons. The lowest BCUT2D eigenvalue weighted by atomic mass is 9.96. The van der Waals surface area contributed by atoms with Crippen LogP contribution in [0, 0.1) is 0 Å². The second-order valence-corrected chi connectivity index (χ2v) is 6.71. The third-order valence-electron chi connectivity index (χ3n) is 5.30. The monoisotopic (exact) mass is 322 g/mol. The Kier molecular flexibility index (Phi) is 2.74. The summed E-state index contributed by atoms with van der Waals surface area (Å²) in [7, 11) is 0. The van der Waals surface area contributed by atoms with E-state index in [1.807, 2.05) is 0 Å². The molecule has 1 aromatic rings. The molecule has 1 N–H and O–H groups in total. The second-order valence-electron chi connectivity index (χ2n) is 6.71. The molecule has 0 amide bonds. The molecule has 0 radical (unpaired) electrons. The summed E-state index contributed by atoms with van der Waals surface area (Å²) in [5, 5.41) is 9.97. The minimum atomic E-state index is -1.00. The molecule has 0 unspecified atom stereocenters. The molecule has 1 spiro atoms. The molecule has 1 aliphatic carbocycles. The van der Waals surface area contributed by atoms with Gasteiger partial charge in [-0.25, -0.2) is 0 Å². The summed E-state index contributed by atoms with van der Waals surface area (Å²) in [4.78, 5) is 15.4. The van der Waals surface area contributed by atoms with Crippen molar-refractivity contribution in [3.8, 4) is 6.01 Å². The number of fused-ring (bicyclic) bond motifs is 7. The van der Waals surface area contributed by atoms with Gasteiger partial charge in [0.1, 0.15) is 18.8 Å². The normalized spacial score (nSPS) is 39.8. The molecule has 8 heteroatoms. The summed E-state index contributed by atoms with van der Waals surface area (Å²) in [6, 6.07) is 1.55. The van der Waals surface area contributed by atoms with Gasteiger partial charge in [-0.15, -0.1) is 0 Å². The van der Waals surface area contributed by atoms with E-state index in [1.54, 1.807) is 10.8 Å². The Bertz CT molecular complexity index is 699. The fourth-order valence-electron chi connectivity index (χ4n) is 4.16. The Labute approximate surface area is 131 Å². The summed E-state index contributed by atoms with van der Waals surface area (Å²) in [5.41, 5.74) is -1.38. The summed E-state index contributed by atoms with van der Waals surface area (Å²) >= 11 is 0. The highest BCUT2D eigenvalue weighted by molar-refractivity contribution is 5.14. The lowest BCUT2D eigenvalue weighted by Crippen LogP contribution is -2.51. The van der Waals surface area contributed by atoms with E-state index in [9.17, 15) is 9.90 Å². The van der Waals surface area contributed by atoms with Gasteiger partial charge in [0.25, 0.3) is 5.56 Å². The Morgan fingerprint density at radius 1 is 1.30 bits per heavy atom. The number of nitrogens with zero attached hydrogens (tertiary/aromatic N) is 2. The van der Waals surface area contributed by atoms with Crippen LogP contribution in [-0.2, 0) is 14.2 Å². The van der Waals surface area contributed by atoms with E-state index in [0.29, 0.717) is 0 Å². The number of ether oxygens (including phenoxy) is 4. The smallest absolute Gasteiger partial charge is 0.302 e. The molecular weight excluding hydrogens is 304 g/mol. The van der Waals surface area contributed by atoms with Crippen LogP contribution < -0.4 is 10.3 Å². The molecule has 5 rings (SSSR count). The molecule has 1 aromatic heterocycles. The minimum Gasteiger partial charge on any atom is -0.461 e. The van der Waals surface area contributed by atoms with Gasteiger partial charge in [0.15, 0.2) is 17.6 Å². The fourth-order valence-corrected chi connectivity index (χ4v) is 4.16. The highest BCUT2D eigenvalue weighted by Gasteiger charge is 2.67. The van der Waals surface area contributed by atoms with Crippen LogP contribution in [-0.4, -0.2) is 51.5 Å². The van der Waals surface area contributed by atoms with Gasteiger partial charge in [0.2, 0.25) is 0 Å². The maximum atomic E-state index is 11.5. The van der Waals surface area contributed by atoms with Crippen LogP contribution in [0.4, 0.5) is 0 Å². The van der Waals surface area contributed by atoms with Gasteiger partial charge in [-0.3, -0.25) is 9.36 Å². The quantitative estimate of drug-likeness (QED) is 0.775. The van der Waals surface area contributed by atoms with Crippen LogP contribution in [0.2, 0.25) is 0 Å². The fraction of sp³-hybridized carbons (Fsp3) is 0.733. The largest absolute Gasteiger partial charge is 0.461 e. The Morgan fingerprint density at radius 3 is 2.91 bits per heavy atom. The van der Waals surface area contributed by atoms with Gasteiger partial charge >= 0.3 is 6.01 Å². The zero-order valence-electron chi connectivity index (χ0n) is 12.5. The van der Waals surface area contributed by atoms with E-state index in [-0.39, 0.29) is 30.9 Å². The molecule has 8 nitrogen and oxygen atoms in total. The topological polar surface area (TPSA) is 92.0 Å². The standard InChI is InChI=1S/C15H18N2O6/c18-7-14-8-20-13-16-9(19)3-6-17(13)12(23-14)10-11(14)22-15(21-10)4-1-2-5-15/h3,6,10-12,18H,1-2,4-5,7-8H2/t10-,11+,12-,14-/m1/s1. The molecule has 4 atom stereocenters. The zero-order valence-corrected chi connectivity index (χ0v) is 12.5. The highest BCUT2D eigenvalue weighted by Crippen LogP contribution is 2.53.